The Kier molecular flexibility index (Phi) is 7.95. The zero-order chi connectivity index (χ0) is 19.8. The highest BCUT2D eigenvalue weighted by atomic mass is 16.5. The van der Waals surface area contributed by atoms with Crippen LogP contribution in [0.3, 0.4) is 0 Å². The lowest BCUT2D eigenvalue weighted by atomic mass is 9.86. The maximum atomic E-state index is 12.4. The summed E-state index contributed by atoms with van der Waals surface area (Å²) in [5.41, 5.74) is 0.326. The van der Waals surface area contributed by atoms with Crippen molar-refractivity contribution in [3.8, 4) is 11.5 Å². The van der Waals surface area contributed by atoms with Crippen molar-refractivity contribution in [2.45, 2.75) is 65.5 Å². The molecular weight excluding hydrogens is 346 g/mol. The predicted octanol–water partition coefficient (Wildman–Crippen LogP) is 3.72. The van der Waals surface area contributed by atoms with Crippen molar-refractivity contribution in [1.82, 2.24) is 5.32 Å². The molecule has 2 rings (SSSR count). The average Bonchev–Trinajstić information content (AvgIpc) is 2.65. The largest absolute Gasteiger partial charge is 0.490 e. The van der Waals surface area contributed by atoms with E-state index in [9.17, 15) is 9.59 Å². The molecule has 1 aromatic carbocycles. The molecule has 1 aliphatic carbocycles. The van der Waals surface area contributed by atoms with Crippen LogP contribution in [0.15, 0.2) is 18.2 Å². The molecule has 6 heteroatoms. The van der Waals surface area contributed by atoms with Crippen LogP contribution in [0.4, 0.5) is 0 Å². The van der Waals surface area contributed by atoms with Gasteiger partial charge in [-0.2, -0.15) is 0 Å². The second-order valence-electron chi connectivity index (χ2n) is 6.95. The molecule has 1 N–H and O–H groups in total. The number of benzene rings is 1. The number of carbonyl (C=O) groups excluding carboxylic acids is 2. The van der Waals surface area contributed by atoms with E-state index in [4.69, 9.17) is 14.2 Å². The van der Waals surface area contributed by atoms with Gasteiger partial charge in [-0.1, -0.05) is 19.8 Å². The Hall–Kier alpha value is -2.24. The number of hydrogen-bond acceptors (Lipinski definition) is 5. The van der Waals surface area contributed by atoms with Crippen LogP contribution in [0.1, 0.15) is 63.7 Å². The Bertz CT molecular complexity index is 645. The zero-order valence-corrected chi connectivity index (χ0v) is 16.7. The minimum atomic E-state index is -0.853. The molecule has 1 saturated carbocycles. The maximum absolute atomic E-state index is 12.4. The lowest BCUT2D eigenvalue weighted by Gasteiger charge is -2.30. The monoisotopic (exact) mass is 377 g/mol. The molecule has 0 aliphatic heterocycles. The molecule has 1 fully saturated rings. The molecule has 0 aromatic heterocycles. The van der Waals surface area contributed by atoms with E-state index in [-0.39, 0.29) is 11.9 Å². The molecule has 0 spiro atoms. The van der Waals surface area contributed by atoms with Crippen LogP contribution < -0.4 is 14.8 Å². The van der Waals surface area contributed by atoms with Crippen molar-refractivity contribution in [2.75, 3.05) is 13.2 Å². The second-order valence-corrected chi connectivity index (χ2v) is 6.95. The molecule has 1 aliphatic rings. The number of esters is 1. The number of hydrogen-bond donors (Lipinski definition) is 1. The van der Waals surface area contributed by atoms with Gasteiger partial charge in [0.05, 0.1) is 18.8 Å². The van der Waals surface area contributed by atoms with Crippen LogP contribution in [0, 0.1) is 5.92 Å². The van der Waals surface area contributed by atoms with Gasteiger partial charge in [0.25, 0.3) is 5.91 Å². The number of rotatable bonds is 8. The first-order valence-electron chi connectivity index (χ1n) is 9.87. The number of nitrogens with one attached hydrogen (secondary N) is 1. The summed E-state index contributed by atoms with van der Waals surface area (Å²) in [6.07, 6.45) is 3.57. The first-order chi connectivity index (χ1) is 13.0. The van der Waals surface area contributed by atoms with Gasteiger partial charge < -0.3 is 19.5 Å². The van der Waals surface area contributed by atoms with E-state index >= 15 is 0 Å². The van der Waals surface area contributed by atoms with Gasteiger partial charge in [0.2, 0.25) is 0 Å². The van der Waals surface area contributed by atoms with Crippen LogP contribution in [0.5, 0.6) is 11.5 Å². The van der Waals surface area contributed by atoms with Crippen LogP contribution in [-0.4, -0.2) is 37.2 Å². The number of ether oxygens (including phenoxy) is 3. The van der Waals surface area contributed by atoms with Crippen molar-refractivity contribution >= 4 is 11.9 Å². The van der Waals surface area contributed by atoms with Gasteiger partial charge in [0.1, 0.15) is 0 Å². The van der Waals surface area contributed by atoms with E-state index in [0.717, 1.165) is 19.3 Å². The highest BCUT2D eigenvalue weighted by molar-refractivity contribution is 5.92. The van der Waals surface area contributed by atoms with Gasteiger partial charge in [0, 0.05) is 6.04 Å². The smallest absolute Gasteiger partial charge is 0.339 e. The SMILES string of the molecule is CCOc1ccc(C(=O)O[C@H](C)C(=O)N[C@H]2CCCC[C@@H]2C)cc1OCC. The number of carbonyl (C=O) groups is 2. The summed E-state index contributed by atoms with van der Waals surface area (Å²) in [7, 11) is 0. The van der Waals surface area contributed by atoms with Crippen LogP contribution in [0.2, 0.25) is 0 Å². The van der Waals surface area contributed by atoms with E-state index in [0.29, 0.717) is 36.2 Å². The first kappa shape index (κ1) is 21.1. The van der Waals surface area contributed by atoms with E-state index in [1.54, 1.807) is 25.1 Å². The fourth-order valence-corrected chi connectivity index (χ4v) is 3.29. The summed E-state index contributed by atoms with van der Waals surface area (Å²) in [5, 5.41) is 3.02. The first-order valence-corrected chi connectivity index (χ1v) is 9.87. The lowest BCUT2D eigenvalue weighted by molar-refractivity contribution is -0.130. The summed E-state index contributed by atoms with van der Waals surface area (Å²) >= 11 is 0. The Morgan fingerprint density at radius 1 is 1.11 bits per heavy atom. The van der Waals surface area contributed by atoms with Gasteiger partial charge in [0.15, 0.2) is 17.6 Å². The Morgan fingerprint density at radius 3 is 2.44 bits per heavy atom. The van der Waals surface area contributed by atoms with Gasteiger partial charge in [-0.05, 0) is 57.7 Å². The molecule has 0 radical (unpaired) electrons. The molecule has 6 nitrogen and oxygen atoms in total. The third kappa shape index (κ3) is 5.88. The van der Waals surface area contributed by atoms with E-state index in [2.05, 4.69) is 12.2 Å². The summed E-state index contributed by atoms with van der Waals surface area (Å²) in [6, 6.07) is 5.04. The molecule has 150 valence electrons. The minimum Gasteiger partial charge on any atom is -0.490 e. The average molecular weight is 377 g/mol. The highest BCUT2D eigenvalue weighted by Gasteiger charge is 2.26. The van der Waals surface area contributed by atoms with Gasteiger partial charge in [-0.3, -0.25) is 4.79 Å². The van der Waals surface area contributed by atoms with Crippen molar-refractivity contribution in [1.29, 1.82) is 0 Å². The third-order valence-corrected chi connectivity index (χ3v) is 4.87. The lowest BCUT2D eigenvalue weighted by Crippen LogP contribution is -2.45. The second kappa shape index (κ2) is 10.2. The van der Waals surface area contributed by atoms with Crippen molar-refractivity contribution in [3.63, 3.8) is 0 Å². The minimum absolute atomic E-state index is 0.155. The van der Waals surface area contributed by atoms with Crippen molar-refractivity contribution < 1.29 is 23.8 Å². The number of amides is 1. The topological polar surface area (TPSA) is 73.9 Å². The summed E-state index contributed by atoms with van der Waals surface area (Å²) < 4.78 is 16.4. The summed E-state index contributed by atoms with van der Waals surface area (Å²) in [4.78, 5) is 24.8. The van der Waals surface area contributed by atoms with Crippen LogP contribution in [0.25, 0.3) is 0 Å². The normalized spacial score (nSPS) is 20.4. The van der Waals surface area contributed by atoms with Crippen molar-refractivity contribution in [2.24, 2.45) is 5.92 Å². The van der Waals surface area contributed by atoms with Crippen LogP contribution >= 0.6 is 0 Å². The van der Waals surface area contributed by atoms with Crippen molar-refractivity contribution in [3.05, 3.63) is 23.8 Å². The molecule has 0 saturated heterocycles. The maximum Gasteiger partial charge on any atom is 0.339 e. The van der Waals surface area contributed by atoms with E-state index in [1.807, 2.05) is 13.8 Å². The van der Waals surface area contributed by atoms with E-state index in [1.165, 1.54) is 6.42 Å². The van der Waals surface area contributed by atoms with E-state index < -0.39 is 12.1 Å². The van der Waals surface area contributed by atoms with Gasteiger partial charge in [-0.15, -0.1) is 0 Å². The molecule has 1 amide bonds. The molecule has 3 atom stereocenters. The summed E-state index contributed by atoms with van der Waals surface area (Å²) in [5.74, 6) is 0.705. The van der Waals surface area contributed by atoms with Crippen LogP contribution in [-0.2, 0) is 9.53 Å². The molecule has 0 unspecified atom stereocenters. The fraction of sp³-hybridized carbons (Fsp3) is 0.619. The van der Waals surface area contributed by atoms with Gasteiger partial charge >= 0.3 is 5.97 Å². The molecule has 27 heavy (non-hydrogen) atoms. The quantitative estimate of drug-likeness (QED) is 0.699. The third-order valence-electron chi connectivity index (χ3n) is 4.87. The standard InChI is InChI=1S/C21H31NO5/c1-5-25-18-12-11-16(13-19(18)26-6-2)21(24)27-15(4)20(23)22-17-10-8-7-9-14(17)3/h11-15,17H,5-10H2,1-4H3,(H,22,23)/t14-,15+,17-/m0/s1. The molecule has 0 heterocycles. The molecular formula is C21H31NO5. The predicted molar refractivity (Wildman–Crippen MR) is 103 cm³/mol. The fourth-order valence-electron chi connectivity index (χ4n) is 3.29. The zero-order valence-electron chi connectivity index (χ0n) is 16.7. The summed E-state index contributed by atoms with van der Waals surface area (Å²) in [6.45, 7) is 8.44. The molecule has 1 aromatic rings. The Balaban J connectivity index is 1.98. The highest BCUT2D eigenvalue weighted by Crippen LogP contribution is 2.29. The Labute approximate surface area is 161 Å². The van der Waals surface area contributed by atoms with Gasteiger partial charge in [-0.25, -0.2) is 4.79 Å². The Morgan fingerprint density at radius 2 is 1.78 bits per heavy atom. The molecule has 0 bridgehead atoms.